The summed E-state index contributed by atoms with van der Waals surface area (Å²) in [6, 6.07) is 9.63. The molecule has 1 aromatic rings. The third kappa shape index (κ3) is 5.75. The number of hydrogen-bond acceptors (Lipinski definition) is 4. The van der Waals surface area contributed by atoms with E-state index in [1.807, 2.05) is 0 Å². The average molecular weight is 536 g/mol. The second kappa shape index (κ2) is 12.5. The first-order chi connectivity index (χ1) is 18.9. The number of hydrogen-bond donors (Lipinski definition) is 2. The Morgan fingerprint density at radius 1 is 1.13 bits per heavy atom. The summed E-state index contributed by atoms with van der Waals surface area (Å²) in [5.74, 6) is 3.86. The van der Waals surface area contributed by atoms with E-state index in [4.69, 9.17) is 4.74 Å². The molecule has 4 heteroatoms. The number of benzene rings is 1. The van der Waals surface area contributed by atoms with Crippen molar-refractivity contribution in [2.45, 2.75) is 129 Å². The minimum atomic E-state index is -0.216. The van der Waals surface area contributed by atoms with Gasteiger partial charge in [0.05, 0.1) is 12.7 Å². The molecular formula is C35H53NO3. The van der Waals surface area contributed by atoms with Crippen LogP contribution in [0.15, 0.2) is 35.4 Å². The monoisotopic (exact) mass is 535 g/mol. The lowest BCUT2D eigenvalue weighted by Crippen LogP contribution is -2.50. The van der Waals surface area contributed by atoms with Crippen LogP contribution in [0, 0.1) is 29.1 Å². The molecule has 0 saturated heterocycles. The molecule has 4 aliphatic carbocycles. The van der Waals surface area contributed by atoms with Crippen molar-refractivity contribution in [3.8, 4) is 5.75 Å². The van der Waals surface area contributed by atoms with Crippen LogP contribution in [-0.4, -0.2) is 29.6 Å². The van der Waals surface area contributed by atoms with Gasteiger partial charge in [-0.3, -0.25) is 4.79 Å². The Morgan fingerprint density at radius 2 is 1.95 bits per heavy atom. The third-order valence-electron chi connectivity index (χ3n) is 11.3. The van der Waals surface area contributed by atoms with Crippen LogP contribution < -0.4 is 10.1 Å². The van der Waals surface area contributed by atoms with Crippen LogP contribution in [0.3, 0.4) is 0 Å². The highest BCUT2D eigenvalue weighted by Crippen LogP contribution is 2.63. The maximum Gasteiger partial charge on any atom is 0.137 e. The molecule has 4 nitrogen and oxygen atoms in total. The SMILES string of the molecule is CCCC(NC(CC)CC)c1cccc(OCC[C@]23CCC4C5=C(CC(=O)CC5)C[C@@H](C)C4C2CC[C@@H]3O)c1. The number of ketones is 1. The first-order valence-electron chi connectivity index (χ1n) is 16.3. The molecule has 39 heavy (non-hydrogen) atoms. The number of fused-ring (bicyclic) bond motifs is 4. The van der Waals surface area contributed by atoms with Crippen LogP contribution >= 0.6 is 0 Å². The molecule has 0 aliphatic heterocycles. The summed E-state index contributed by atoms with van der Waals surface area (Å²) >= 11 is 0. The smallest absolute Gasteiger partial charge is 0.137 e. The quantitative estimate of drug-likeness (QED) is 0.282. The topological polar surface area (TPSA) is 58.6 Å². The van der Waals surface area contributed by atoms with Crippen molar-refractivity contribution in [3.63, 3.8) is 0 Å². The van der Waals surface area contributed by atoms with E-state index in [0.717, 1.165) is 76.4 Å². The van der Waals surface area contributed by atoms with Crippen LogP contribution in [-0.2, 0) is 4.79 Å². The van der Waals surface area contributed by atoms with Gasteiger partial charge in [0.2, 0.25) is 0 Å². The minimum absolute atomic E-state index is 0.0165. The number of carbonyl (C=O) groups is 1. The van der Waals surface area contributed by atoms with Gasteiger partial charge in [-0.05, 0) is 106 Å². The molecule has 0 bridgehead atoms. The van der Waals surface area contributed by atoms with E-state index in [2.05, 4.69) is 57.3 Å². The van der Waals surface area contributed by atoms with Crippen molar-refractivity contribution in [2.75, 3.05) is 6.61 Å². The summed E-state index contributed by atoms with van der Waals surface area (Å²) in [5, 5.41) is 15.3. The molecule has 0 aromatic heterocycles. The predicted molar refractivity (Wildman–Crippen MR) is 159 cm³/mol. The highest BCUT2D eigenvalue weighted by Gasteiger charge is 2.58. The van der Waals surface area contributed by atoms with E-state index in [-0.39, 0.29) is 11.5 Å². The maximum absolute atomic E-state index is 12.2. The maximum atomic E-state index is 12.2. The fourth-order valence-electron chi connectivity index (χ4n) is 9.35. The zero-order valence-electron chi connectivity index (χ0n) is 25.0. The zero-order valence-corrected chi connectivity index (χ0v) is 25.0. The van der Waals surface area contributed by atoms with Gasteiger partial charge in [-0.1, -0.05) is 57.4 Å². The van der Waals surface area contributed by atoms with Crippen LogP contribution in [0.25, 0.3) is 0 Å². The molecule has 7 atom stereocenters. The summed E-state index contributed by atoms with van der Waals surface area (Å²) in [5.41, 5.74) is 4.43. The fourth-order valence-corrected chi connectivity index (χ4v) is 9.35. The van der Waals surface area contributed by atoms with Gasteiger partial charge in [-0.15, -0.1) is 0 Å². The van der Waals surface area contributed by atoms with E-state index in [1.54, 1.807) is 5.57 Å². The lowest BCUT2D eigenvalue weighted by Gasteiger charge is -2.54. The van der Waals surface area contributed by atoms with Gasteiger partial charge in [0.25, 0.3) is 0 Å². The van der Waals surface area contributed by atoms with Crippen LogP contribution in [0.5, 0.6) is 5.75 Å². The Morgan fingerprint density at radius 3 is 2.72 bits per heavy atom. The lowest BCUT2D eigenvalue weighted by atomic mass is 9.50. The fraction of sp³-hybridized carbons (Fsp3) is 0.743. The summed E-state index contributed by atoms with van der Waals surface area (Å²) in [7, 11) is 0. The van der Waals surface area contributed by atoms with E-state index in [9.17, 15) is 9.90 Å². The van der Waals surface area contributed by atoms with E-state index >= 15 is 0 Å². The standard InChI is InChI=1S/C35H53NO3/c1-5-9-32(36-26(6-2)7-3)24-10-8-11-28(22-24)39-19-18-35-17-16-30-29-13-12-27(37)21-25(29)20-23(4)34(30)31(35)14-15-33(35)38/h8,10-11,22-23,26,30-34,36,38H,5-7,9,12-21H2,1-4H3/t23-,30?,31?,32?,33+,34?,35-/m1/s1. The van der Waals surface area contributed by atoms with Gasteiger partial charge >= 0.3 is 0 Å². The molecule has 2 N–H and O–H groups in total. The number of carbonyl (C=O) groups excluding carboxylic acids is 1. The number of ether oxygens (including phenoxy) is 1. The highest BCUT2D eigenvalue weighted by atomic mass is 16.5. The van der Waals surface area contributed by atoms with Gasteiger partial charge in [0, 0.05) is 30.3 Å². The molecule has 0 spiro atoms. The van der Waals surface area contributed by atoms with Crippen LogP contribution in [0.1, 0.15) is 123 Å². The first kappa shape index (κ1) is 28.9. The van der Waals surface area contributed by atoms with Crippen LogP contribution in [0.4, 0.5) is 0 Å². The highest BCUT2D eigenvalue weighted by molar-refractivity contribution is 5.82. The molecule has 4 unspecified atom stereocenters. The van der Waals surface area contributed by atoms with Gasteiger partial charge in [0.1, 0.15) is 11.5 Å². The molecule has 0 heterocycles. The lowest BCUT2D eigenvalue weighted by molar-refractivity contribution is -0.119. The number of rotatable bonds is 11. The number of aliphatic hydroxyl groups is 1. The van der Waals surface area contributed by atoms with E-state index < -0.39 is 0 Å². The number of nitrogens with one attached hydrogen (secondary N) is 1. The number of allylic oxidation sites excluding steroid dienone is 2. The zero-order chi connectivity index (χ0) is 27.6. The molecule has 2 saturated carbocycles. The second-order valence-electron chi connectivity index (χ2n) is 13.4. The van der Waals surface area contributed by atoms with Crippen molar-refractivity contribution in [1.82, 2.24) is 5.32 Å². The van der Waals surface area contributed by atoms with Crippen molar-refractivity contribution < 1.29 is 14.6 Å². The molecule has 0 amide bonds. The van der Waals surface area contributed by atoms with Gasteiger partial charge < -0.3 is 15.2 Å². The Kier molecular flexibility index (Phi) is 9.23. The molecule has 4 aliphatic rings. The predicted octanol–water partition coefficient (Wildman–Crippen LogP) is 7.95. The van der Waals surface area contributed by atoms with E-state index in [0.29, 0.717) is 54.6 Å². The van der Waals surface area contributed by atoms with Crippen molar-refractivity contribution in [1.29, 1.82) is 0 Å². The largest absolute Gasteiger partial charge is 0.494 e. The van der Waals surface area contributed by atoms with Crippen molar-refractivity contribution in [2.24, 2.45) is 29.1 Å². The summed E-state index contributed by atoms with van der Waals surface area (Å²) in [4.78, 5) is 12.2. The Balaban J connectivity index is 1.27. The van der Waals surface area contributed by atoms with Crippen molar-refractivity contribution in [3.05, 3.63) is 41.0 Å². The van der Waals surface area contributed by atoms with Crippen molar-refractivity contribution >= 4 is 5.78 Å². The Bertz CT molecular complexity index is 1030. The molecule has 216 valence electrons. The van der Waals surface area contributed by atoms with Gasteiger partial charge in [-0.25, -0.2) is 0 Å². The molecule has 2 fully saturated rings. The summed E-state index contributed by atoms with van der Waals surface area (Å²) in [6.07, 6.45) is 13.2. The second-order valence-corrected chi connectivity index (χ2v) is 13.4. The molecule has 1 aromatic carbocycles. The van der Waals surface area contributed by atoms with Crippen LogP contribution in [0.2, 0.25) is 0 Å². The number of Topliss-reactive ketones (excluding diaryl/α,β-unsaturated/α-hetero) is 1. The third-order valence-corrected chi connectivity index (χ3v) is 11.3. The first-order valence-corrected chi connectivity index (χ1v) is 16.3. The molecule has 5 rings (SSSR count). The normalized spacial score (nSPS) is 33.1. The van der Waals surface area contributed by atoms with E-state index in [1.165, 1.54) is 17.6 Å². The van der Waals surface area contributed by atoms with Gasteiger partial charge in [-0.2, -0.15) is 0 Å². The Hall–Kier alpha value is -1.65. The van der Waals surface area contributed by atoms with Gasteiger partial charge in [0.15, 0.2) is 0 Å². The Labute approximate surface area is 237 Å². The number of aliphatic hydroxyl groups excluding tert-OH is 1. The molecule has 0 radical (unpaired) electrons. The summed E-state index contributed by atoms with van der Waals surface area (Å²) < 4.78 is 6.46. The summed E-state index contributed by atoms with van der Waals surface area (Å²) in [6.45, 7) is 9.88. The molecular weight excluding hydrogens is 482 g/mol. The minimum Gasteiger partial charge on any atom is -0.494 e. The average Bonchev–Trinajstić information content (AvgIpc) is 3.27.